The zero-order chi connectivity index (χ0) is 28.9. The number of hydrogen-bond acceptors (Lipinski definition) is 2. The van der Waals surface area contributed by atoms with E-state index < -0.39 is 0 Å². The standard InChI is InChI=1S/C37H58NO2.BrH/c1-24-19-25(2)21-38(20-24)22-26(3)27-11-16-37(23-39)18-17-35(7)28(32(27)37)9-10-30-34(6)14-13-31(40)33(4,5)29(34)12-15-36(30,35)8;/h19-21,27-32,39-40H,3,9-18,22-23H2,1-2,4-8H3;1H/q+1;/p-1/t27-,28?,29?,30?,31-,32?,34-,35+,36+,37+;/m0./s1. The summed E-state index contributed by atoms with van der Waals surface area (Å²) >= 11 is 0. The van der Waals surface area contributed by atoms with Crippen LogP contribution in [0.15, 0.2) is 30.6 Å². The molecule has 6 rings (SSSR count). The van der Waals surface area contributed by atoms with Gasteiger partial charge in [0.2, 0.25) is 0 Å². The van der Waals surface area contributed by atoms with Crippen molar-refractivity contribution >= 4 is 0 Å². The van der Waals surface area contributed by atoms with E-state index in [-0.39, 0.29) is 33.9 Å². The van der Waals surface area contributed by atoms with Gasteiger partial charge in [0, 0.05) is 17.7 Å². The van der Waals surface area contributed by atoms with Crippen LogP contribution < -0.4 is 21.5 Å². The van der Waals surface area contributed by atoms with E-state index in [0.29, 0.717) is 46.5 Å². The zero-order valence-electron chi connectivity index (χ0n) is 27.1. The van der Waals surface area contributed by atoms with Crippen molar-refractivity contribution in [2.45, 2.75) is 125 Å². The molecule has 0 amide bonds. The number of aryl methyl sites for hydroxylation is 2. The summed E-state index contributed by atoms with van der Waals surface area (Å²) in [5, 5.41) is 22.0. The van der Waals surface area contributed by atoms with E-state index >= 15 is 0 Å². The van der Waals surface area contributed by atoms with Crippen molar-refractivity contribution in [1.82, 2.24) is 0 Å². The van der Waals surface area contributed by atoms with Crippen LogP contribution in [0, 0.1) is 70.5 Å². The van der Waals surface area contributed by atoms with E-state index in [0.717, 1.165) is 25.3 Å². The van der Waals surface area contributed by atoms with E-state index in [4.69, 9.17) is 6.58 Å². The minimum Gasteiger partial charge on any atom is -1.00 e. The molecule has 10 atom stereocenters. The predicted molar refractivity (Wildman–Crippen MR) is 162 cm³/mol. The summed E-state index contributed by atoms with van der Waals surface area (Å²) in [6.07, 6.45) is 16.5. The Morgan fingerprint density at radius 2 is 1.54 bits per heavy atom. The van der Waals surface area contributed by atoms with E-state index in [9.17, 15) is 10.2 Å². The fourth-order valence-corrected chi connectivity index (χ4v) is 12.9. The quantitative estimate of drug-likeness (QED) is 0.379. The number of allylic oxidation sites excluding steroid dienone is 1. The lowest BCUT2D eigenvalue weighted by Gasteiger charge is -2.73. The summed E-state index contributed by atoms with van der Waals surface area (Å²) in [5.41, 5.74) is 5.00. The molecule has 1 aromatic rings. The third-order valence-corrected chi connectivity index (χ3v) is 15.0. The molecule has 4 heteroatoms. The maximum atomic E-state index is 11.0. The highest BCUT2D eigenvalue weighted by Gasteiger charge is 2.70. The Morgan fingerprint density at radius 3 is 2.20 bits per heavy atom. The molecule has 41 heavy (non-hydrogen) atoms. The summed E-state index contributed by atoms with van der Waals surface area (Å²) in [7, 11) is 0. The number of aliphatic hydroxyl groups is 2. The third-order valence-electron chi connectivity index (χ3n) is 15.0. The molecule has 2 N–H and O–H groups in total. The minimum absolute atomic E-state index is 0. The Hall–Kier alpha value is -0.710. The molecule has 0 aliphatic heterocycles. The van der Waals surface area contributed by atoms with Crippen LogP contribution in [0.4, 0.5) is 0 Å². The van der Waals surface area contributed by atoms with Gasteiger partial charge in [-0.1, -0.05) is 41.2 Å². The van der Waals surface area contributed by atoms with E-state index in [1.165, 1.54) is 68.1 Å². The normalized spacial score (nSPS) is 46.4. The first-order valence-corrected chi connectivity index (χ1v) is 16.7. The van der Waals surface area contributed by atoms with Crippen LogP contribution in [0.1, 0.15) is 110 Å². The fraction of sp³-hybridized carbons (Fsp3) is 0.811. The molecule has 3 nitrogen and oxygen atoms in total. The molecule has 4 unspecified atom stereocenters. The molecule has 1 heterocycles. The van der Waals surface area contributed by atoms with E-state index in [1.54, 1.807) is 0 Å². The number of pyridine rings is 1. The van der Waals surface area contributed by atoms with E-state index in [1.807, 2.05) is 0 Å². The van der Waals surface area contributed by atoms with Gasteiger partial charge in [-0.15, -0.1) is 0 Å². The van der Waals surface area contributed by atoms with Gasteiger partial charge in [0.15, 0.2) is 18.9 Å². The van der Waals surface area contributed by atoms with Crippen molar-refractivity contribution in [1.29, 1.82) is 0 Å². The lowest BCUT2D eigenvalue weighted by molar-refractivity contribution is -0.690. The molecule has 0 bridgehead atoms. The smallest absolute Gasteiger partial charge is 0.172 e. The number of rotatable bonds is 4. The highest BCUT2D eigenvalue weighted by molar-refractivity contribution is 5.22. The molecular formula is C37H58BrNO2. The molecular weight excluding hydrogens is 570 g/mol. The van der Waals surface area contributed by atoms with Gasteiger partial charge in [-0.3, -0.25) is 0 Å². The van der Waals surface area contributed by atoms with Crippen LogP contribution >= 0.6 is 0 Å². The first-order chi connectivity index (χ1) is 18.7. The lowest BCUT2D eigenvalue weighted by Crippen LogP contribution is -3.00. The van der Waals surface area contributed by atoms with Gasteiger partial charge in [-0.2, -0.15) is 0 Å². The number of aromatic nitrogens is 1. The molecule has 0 saturated heterocycles. The van der Waals surface area contributed by atoms with Crippen LogP contribution in [0.2, 0.25) is 0 Å². The summed E-state index contributed by atoms with van der Waals surface area (Å²) < 4.78 is 2.35. The van der Waals surface area contributed by atoms with E-state index in [2.05, 4.69) is 71.5 Å². The van der Waals surface area contributed by atoms with Crippen molar-refractivity contribution < 1.29 is 31.8 Å². The largest absolute Gasteiger partial charge is 1.00 e. The van der Waals surface area contributed by atoms with Crippen molar-refractivity contribution in [2.75, 3.05) is 6.61 Å². The molecule has 5 aliphatic carbocycles. The number of aliphatic hydroxyl groups excluding tert-OH is 2. The molecule has 1 aromatic heterocycles. The Balaban J connectivity index is 0.00000337. The van der Waals surface area contributed by atoms with Crippen molar-refractivity contribution in [3.05, 3.63) is 41.7 Å². The van der Waals surface area contributed by atoms with Gasteiger partial charge in [0.1, 0.15) is 0 Å². The second-order valence-corrected chi connectivity index (χ2v) is 17.0. The van der Waals surface area contributed by atoms with Crippen LogP contribution in [0.5, 0.6) is 0 Å². The highest BCUT2D eigenvalue weighted by atomic mass is 79.9. The lowest BCUT2D eigenvalue weighted by atomic mass is 9.32. The summed E-state index contributed by atoms with van der Waals surface area (Å²) in [5.74, 6) is 3.03. The topological polar surface area (TPSA) is 44.3 Å². The number of halogens is 1. The number of hydrogen-bond donors (Lipinski definition) is 2. The molecule has 0 spiro atoms. The van der Waals surface area contributed by atoms with Gasteiger partial charge in [-0.25, -0.2) is 4.57 Å². The maximum absolute atomic E-state index is 11.0. The average molecular weight is 629 g/mol. The molecule has 230 valence electrons. The molecule has 0 radical (unpaired) electrons. The average Bonchev–Trinajstić information content (AvgIpc) is 3.27. The number of nitrogens with zero attached hydrogens (tertiary/aromatic N) is 1. The van der Waals surface area contributed by atoms with Crippen molar-refractivity contribution in [3.8, 4) is 0 Å². The second-order valence-electron chi connectivity index (χ2n) is 17.0. The Bertz CT molecular complexity index is 1160. The van der Waals surface area contributed by atoms with Gasteiger partial charge < -0.3 is 27.2 Å². The van der Waals surface area contributed by atoms with Crippen LogP contribution in [-0.2, 0) is 6.54 Å². The summed E-state index contributed by atoms with van der Waals surface area (Å²) in [6, 6.07) is 2.25. The summed E-state index contributed by atoms with van der Waals surface area (Å²) in [6.45, 7) is 23.1. The molecule has 5 aliphatic rings. The second kappa shape index (κ2) is 10.4. The SMILES string of the molecule is C=C(C[n+]1cc(C)cc(C)c1)[C@@H]1CC[C@]2(CO)CC[C@]3(C)C(CCC4[C@@]5(C)CC[C@H](O)C(C)(C)C5CC[C@]43C)C12.[Br-]. The minimum atomic E-state index is -0.165. The maximum Gasteiger partial charge on any atom is 0.172 e. The molecule has 0 aromatic carbocycles. The van der Waals surface area contributed by atoms with Gasteiger partial charge in [0.05, 0.1) is 6.10 Å². The predicted octanol–water partition coefficient (Wildman–Crippen LogP) is 4.59. The Labute approximate surface area is 261 Å². The highest BCUT2D eigenvalue weighted by Crippen LogP contribution is 2.77. The number of fused-ring (bicyclic) bond motifs is 7. The van der Waals surface area contributed by atoms with Crippen molar-refractivity contribution in [3.63, 3.8) is 0 Å². The Kier molecular flexibility index (Phi) is 8.07. The van der Waals surface area contributed by atoms with Crippen LogP contribution in [0.25, 0.3) is 0 Å². The van der Waals surface area contributed by atoms with Crippen LogP contribution in [-0.4, -0.2) is 22.9 Å². The van der Waals surface area contributed by atoms with Gasteiger partial charge >= 0.3 is 0 Å². The molecule has 5 saturated carbocycles. The molecule has 5 fully saturated rings. The van der Waals surface area contributed by atoms with Crippen molar-refractivity contribution in [2.24, 2.45) is 56.7 Å². The van der Waals surface area contributed by atoms with Crippen LogP contribution in [0.3, 0.4) is 0 Å². The monoisotopic (exact) mass is 627 g/mol. The first kappa shape index (κ1) is 31.7. The van der Waals surface area contributed by atoms with Gasteiger partial charge in [0.25, 0.3) is 0 Å². The first-order valence-electron chi connectivity index (χ1n) is 16.7. The zero-order valence-corrected chi connectivity index (χ0v) is 28.7. The summed E-state index contributed by atoms with van der Waals surface area (Å²) in [4.78, 5) is 0. The fourth-order valence-electron chi connectivity index (χ4n) is 12.9. The Morgan fingerprint density at radius 1 is 0.854 bits per heavy atom. The third kappa shape index (κ3) is 4.41. The van der Waals surface area contributed by atoms with Gasteiger partial charge in [-0.05, 0) is 146 Å².